The number of rotatable bonds is 3. The normalized spacial score (nSPS) is 19.8. The highest BCUT2D eigenvalue weighted by Gasteiger charge is 2.35. The van der Waals surface area contributed by atoms with E-state index in [1.54, 1.807) is 0 Å². The van der Waals surface area contributed by atoms with Crippen molar-refractivity contribution < 1.29 is 14.1 Å². The van der Waals surface area contributed by atoms with Gasteiger partial charge in [-0.2, -0.15) is 4.98 Å². The number of likely N-dealkylation sites (tertiary alicyclic amines) is 1. The van der Waals surface area contributed by atoms with Gasteiger partial charge in [-0.15, -0.1) is 0 Å². The van der Waals surface area contributed by atoms with Gasteiger partial charge in [0.1, 0.15) is 11.8 Å². The van der Waals surface area contributed by atoms with Crippen LogP contribution in [0.15, 0.2) is 22.7 Å². The Kier molecular flexibility index (Phi) is 4.19. The monoisotopic (exact) mass is 341 g/mol. The molecule has 0 spiro atoms. The Morgan fingerprint density at radius 2 is 2.20 bits per heavy atom. The first-order valence-corrected chi connectivity index (χ1v) is 9.03. The van der Waals surface area contributed by atoms with Gasteiger partial charge in [0.15, 0.2) is 5.82 Å². The maximum Gasteiger partial charge on any atom is 0.254 e. The Bertz CT molecular complexity index is 784. The van der Waals surface area contributed by atoms with Crippen LogP contribution >= 0.6 is 0 Å². The number of hydrogen-bond donors (Lipinski definition) is 0. The topological polar surface area (TPSA) is 68.5 Å². The molecule has 1 amide bonds. The van der Waals surface area contributed by atoms with E-state index in [0.717, 1.165) is 50.1 Å². The molecule has 3 heterocycles. The number of fused-ring (bicyclic) bond motifs is 1. The lowest BCUT2D eigenvalue weighted by molar-refractivity contribution is 0.0710. The van der Waals surface area contributed by atoms with Crippen molar-refractivity contribution in [1.29, 1.82) is 0 Å². The van der Waals surface area contributed by atoms with Crippen molar-refractivity contribution in [2.24, 2.45) is 0 Å². The molecule has 1 unspecified atom stereocenters. The molecule has 6 nitrogen and oxygen atoms in total. The summed E-state index contributed by atoms with van der Waals surface area (Å²) < 4.78 is 11.1. The highest BCUT2D eigenvalue weighted by Crippen LogP contribution is 2.34. The number of amides is 1. The average Bonchev–Trinajstić information content (AvgIpc) is 3.29. The van der Waals surface area contributed by atoms with Crippen molar-refractivity contribution in [3.05, 3.63) is 41.0 Å². The van der Waals surface area contributed by atoms with Crippen LogP contribution in [0.5, 0.6) is 5.75 Å². The molecule has 0 saturated carbocycles. The molecule has 1 aromatic carbocycles. The molecular weight excluding hydrogens is 318 g/mol. The van der Waals surface area contributed by atoms with E-state index in [1.165, 1.54) is 0 Å². The van der Waals surface area contributed by atoms with Crippen molar-refractivity contribution >= 4 is 5.91 Å². The zero-order chi connectivity index (χ0) is 17.4. The van der Waals surface area contributed by atoms with Crippen LogP contribution in [0.4, 0.5) is 0 Å². The maximum atomic E-state index is 13.1. The van der Waals surface area contributed by atoms with Crippen LogP contribution in [-0.2, 0) is 6.42 Å². The second kappa shape index (κ2) is 6.50. The fraction of sp³-hybridized carbons (Fsp3) is 0.526. The van der Waals surface area contributed by atoms with Gasteiger partial charge in [-0.05, 0) is 49.4 Å². The standard InChI is InChI=1S/C19H23N3O3/c1-12(2)17-20-18(25-21-17)15-6-3-9-22(15)19(23)14-7-8-16-13(11-14)5-4-10-24-16/h7-8,11-12,15H,3-6,9-10H2,1-2H3. The zero-order valence-electron chi connectivity index (χ0n) is 14.7. The number of ether oxygens (including phenoxy) is 1. The minimum Gasteiger partial charge on any atom is -0.493 e. The molecule has 1 fully saturated rings. The fourth-order valence-electron chi connectivity index (χ4n) is 3.54. The average molecular weight is 341 g/mol. The number of benzene rings is 1. The van der Waals surface area contributed by atoms with E-state index in [1.807, 2.05) is 36.9 Å². The number of hydrogen-bond acceptors (Lipinski definition) is 5. The minimum absolute atomic E-state index is 0.0279. The highest BCUT2D eigenvalue weighted by molar-refractivity contribution is 5.95. The number of nitrogens with zero attached hydrogens (tertiary/aromatic N) is 3. The summed E-state index contributed by atoms with van der Waals surface area (Å²) in [6.07, 6.45) is 3.77. The fourth-order valence-corrected chi connectivity index (χ4v) is 3.54. The van der Waals surface area contributed by atoms with Gasteiger partial charge < -0.3 is 14.2 Å². The van der Waals surface area contributed by atoms with E-state index in [0.29, 0.717) is 17.3 Å². The first kappa shape index (κ1) is 16.1. The first-order chi connectivity index (χ1) is 12.1. The van der Waals surface area contributed by atoms with Gasteiger partial charge in [-0.3, -0.25) is 4.79 Å². The third kappa shape index (κ3) is 3.01. The third-order valence-electron chi connectivity index (χ3n) is 4.93. The van der Waals surface area contributed by atoms with Crippen molar-refractivity contribution in [1.82, 2.24) is 15.0 Å². The van der Waals surface area contributed by atoms with Crippen LogP contribution in [0.25, 0.3) is 0 Å². The molecule has 0 aliphatic carbocycles. The van der Waals surface area contributed by atoms with Crippen LogP contribution in [-0.4, -0.2) is 34.1 Å². The van der Waals surface area contributed by atoms with Gasteiger partial charge in [-0.1, -0.05) is 19.0 Å². The summed E-state index contributed by atoms with van der Waals surface area (Å²) >= 11 is 0. The number of aromatic nitrogens is 2. The quantitative estimate of drug-likeness (QED) is 0.855. The molecule has 0 bridgehead atoms. The van der Waals surface area contributed by atoms with Gasteiger partial charge >= 0.3 is 0 Å². The molecule has 6 heteroatoms. The minimum atomic E-state index is -0.125. The number of carbonyl (C=O) groups excluding carboxylic acids is 1. The van der Waals surface area contributed by atoms with E-state index in [9.17, 15) is 4.79 Å². The Labute approximate surface area is 147 Å². The Morgan fingerprint density at radius 3 is 3.00 bits per heavy atom. The molecule has 132 valence electrons. The van der Waals surface area contributed by atoms with Gasteiger partial charge in [0.2, 0.25) is 5.89 Å². The SMILES string of the molecule is CC(C)c1noc(C2CCCN2C(=O)c2ccc3c(c2)CCCO3)n1. The van der Waals surface area contributed by atoms with Crippen LogP contribution in [0, 0.1) is 0 Å². The van der Waals surface area contributed by atoms with Crippen LogP contribution in [0.2, 0.25) is 0 Å². The molecule has 2 aromatic rings. The molecule has 0 N–H and O–H groups in total. The molecule has 1 aromatic heterocycles. The molecule has 1 atom stereocenters. The summed E-state index contributed by atoms with van der Waals surface area (Å²) in [5, 5.41) is 4.04. The predicted octanol–water partition coefficient (Wildman–Crippen LogP) is 3.50. The van der Waals surface area contributed by atoms with Crippen LogP contribution < -0.4 is 4.74 Å². The van der Waals surface area contributed by atoms with Crippen LogP contribution in [0.3, 0.4) is 0 Å². The predicted molar refractivity (Wildman–Crippen MR) is 91.7 cm³/mol. The first-order valence-electron chi connectivity index (χ1n) is 9.03. The summed E-state index contributed by atoms with van der Waals surface area (Å²) in [6, 6.07) is 5.62. The number of aryl methyl sites for hydroxylation is 1. The summed E-state index contributed by atoms with van der Waals surface area (Å²) in [7, 11) is 0. The van der Waals surface area contributed by atoms with Crippen molar-refractivity contribution in [2.45, 2.75) is 51.5 Å². The molecule has 25 heavy (non-hydrogen) atoms. The summed E-state index contributed by atoms with van der Waals surface area (Å²) in [4.78, 5) is 19.4. The maximum absolute atomic E-state index is 13.1. The molecule has 0 radical (unpaired) electrons. The highest BCUT2D eigenvalue weighted by atomic mass is 16.5. The smallest absolute Gasteiger partial charge is 0.254 e. The van der Waals surface area contributed by atoms with E-state index in [-0.39, 0.29) is 17.9 Å². The Hall–Kier alpha value is -2.37. The van der Waals surface area contributed by atoms with Crippen molar-refractivity contribution in [3.63, 3.8) is 0 Å². The third-order valence-corrected chi connectivity index (χ3v) is 4.93. The van der Waals surface area contributed by atoms with Gasteiger partial charge in [0, 0.05) is 18.0 Å². The zero-order valence-corrected chi connectivity index (χ0v) is 14.7. The van der Waals surface area contributed by atoms with Gasteiger partial charge in [0.05, 0.1) is 6.61 Å². The summed E-state index contributed by atoms with van der Waals surface area (Å²) in [6.45, 7) is 5.53. The molecular formula is C19H23N3O3. The molecule has 2 aliphatic rings. The Balaban J connectivity index is 1.58. The van der Waals surface area contributed by atoms with E-state index < -0.39 is 0 Å². The molecule has 4 rings (SSSR count). The summed E-state index contributed by atoms with van der Waals surface area (Å²) in [5.41, 5.74) is 1.83. The number of carbonyl (C=O) groups is 1. The Morgan fingerprint density at radius 1 is 1.32 bits per heavy atom. The van der Waals surface area contributed by atoms with Crippen LogP contribution in [0.1, 0.15) is 72.7 Å². The molecule has 2 aliphatic heterocycles. The van der Waals surface area contributed by atoms with E-state index in [4.69, 9.17) is 9.26 Å². The van der Waals surface area contributed by atoms with E-state index >= 15 is 0 Å². The largest absolute Gasteiger partial charge is 0.493 e. The van der Waals surface area contributed by atoms with E-state index in [2.05, 4.69) is 10.1 Å². The molecule has 1 saturated heterocycles. The van der Waals surface area contributed by atoms with Gasteiger partial charge in [-0.25, -0.2) is 0 Å². The second-order valence-electron chi connectivity index (χ2n) is 7.08. The summed E-state index contributed by atoms with van der Waals surface area (Å²) in [5.74, 6) is 2.39. The lowest BCUT2D eigenvalue weighted by Gasteiger charge is -2.23. The lowest BCUT2D eigenvalue weighted by Crippen LogP contribution is -2.31. The van der Waals surface area contributed by atoms with Gasteiger partial charge in [0.25, 0.3) is 5.91 Å². The second-order valence-corrected chi connectivity index (χ2v) is 7.08. The van der Waals surface area contributed by atoms with Crippen molar-refractivity contribution in [2.75, 3.05) is 13.2 Å². The van der Waals surface area contributed by atoms with Crippen molar-refractivity contribution in [3.8, 4) is 5.75 Å². The lowest BCUT2D eigenvalue weighted by atomic mass is 10.0.